The van der Waals surface area contributed by atoms with Crippen LogP contribution in [0.15, 0.2) is 34.2 Å². The minimum Gasteiger partial charge on any atom is -0.436 e. The van der Waals surface area contributed by atoms with Crippen molar-refractivity contribution in [2.24, 2.45) is 0 Å². The first-order valence-corrected chi connectivity index (χ1v) is 8.52. The number of rotatable bonds is 5. The Labute approximate surface area is 139 Å². The summed E-state index contributed by atoms with van der Waals surface area (Å²) in [7, 11) is 0. The van der Waals surface area contributed by atoms with Gasteiger partial charge in [-0.05, 0) is 24.7 Å². The lowest BCUT2D eigenvalue weighted by molar-refractivity contribution is 0.456. The Hall–Kier alpha value is -1.08. The van der Waals surface area contributed by atoms with Gasteiger partial charge in [0.2, 0.25) is 5.88 Å². The first-order valence-electron chi connectivity index (χ1n) is 6.47. The maximum absolute atomic E-state index is 6.21. The topological polar surface area (TPSA) is 38.6 Å². The van der Waals surface area contributed by atoms with Crippen LogP contribution in [0.5, 0.6) is 11.6 Å². The van der Waals surface area contributed by atoms with Crippen LogP contribution in [0.1, 0.15) is 12.6 Å². The molecule has 0 aliphatic carbocycles. The molecule has 110 valence electrons. The number of imidazole rings is 1. The van der Waals surface area contributed by atoms with Gasteiger partial charge in [-0.25, -0.2) is 0 Å². The van der Waals surface area contributed by atoms with Crippen LogP contribution in [0.4, 0.5) is 0 Å². The van der Waals surface area contributed by atoms with E-state index in [4.69, 9.17) is 16.3 Å². The van der Waals surface area contributed by atoms with Crippen LogP contribution in [0.3, 0.4) is 0 Å². The van der Waals surface area contributed by atoms with Gasteiger partial charge in [0.1, 0.15) is 11.4 Å². The molecule has 2 aromatic heterocycles. The highest BCUT2D eigenvalue weighted by atomic mass is 79.9. The summed E-state index contributed by atoms with van der Waals surface area (Å²) in [6.45, 7) is 3.64. The summed E-state index contributed by atoms with van der Waals surface area (Å²) in [6.07, 6.45) is 2.00. The predicted octanol–water partition coefficient (Wildman–Crippen LogP) is 4.71. The Morgan fingerprint density at radius 2 is 2.33 bits per heavy atom. The van der Waals surface area contributed by atoms with Gasteiger partial charge in [0.25, 0.3) is 0 Å². The Morgan fingerprint density at radius 3 is 3.10 bits per heavy atom. The van der Waals surface area contributed by atoms with Crippen molar-refractivity contribution in [3.05, 3.63) is 45.0 Å². The highest BCUT2D eigenvalue weighted by Crippen LogP contribution is 2.33. The standard InChI is InChI=1S/C14H13BrClN3OS/c1-2-17-8-11-13(18-14-19(11)5-6-21-14)20-12-4-3-9(15)7-10(12)16/h3-7,17H,2,8H2,1H3. The van der Waals surface area contributed by atoms with Crippen molar-refractivity contribution < 1.29 is 4.74 Å². The minimum atomic E-state index is 0.551. The molecule has 3 rings (SSSR count). The van der Waals surface area contributed by atoms with Crippen LogP contribution in [0.25, 0.3) is 4.96 Å². The van der Waals surface area contributed by atoms with E-state index in [2.05, 4.69) is 33.2 Å². The molecule has 0 unspecified atom stereocenters. The number of benzene rings is 1. The van der Waals surface area contributed by atoms with Crippen molar-refractivity contribution in [1.82, 2.24) is 14.7 Å². The van der Waals surface area contributed by atoms with E-state index in [0.717, 1.165) is 21.7 Å². The molecule has 7 heteroatoms. The highest BCUT2D eigenvalue weighted by Gasteiger charge is 2.16. The Kier molecular flexibility index (Phi) is 4.49. The van der Waals surface area contributed by atoms with Gasteiger partial charge in [-0.1, -0.05) is 34.5 Å². The van der Waals surface area contributed by atoms with Gasteiger partial charge in [0, 0.05) is 22.6 Å². The van der Waals surface area contributed by atoms with Gasteiger partial charge in [0.15, 0.2) is 4.96 Å². The van der Waals surface area contributed by atoms with Crippen LogP contribution in [-0.2, 0) is 6.54 Å². The summed E-state index contributed by atoms with van der Waals surface area (Å²) in [5.41, 5.74) is 0.993. The summed E-state index contributed by atoms with van der Waals surface area (Å²) in [5, 5.41) is 5.86. The van der Waals surface area contributed by atoms with Crippen molar-refractivity contribution in [3.8, 4) is 11.6 Å². The van der Waals surface area contributed by atoms with Crippen molar-refractivity contribution in [3.63, 3.8) is 0 Å². The molecule has 4 nitrogen and oxygen atoms in total. The third-order valence-electron chi connectivity index (χ3n) is 2.97. The van der Waals surface area contributed by atoms with Crippen LogP contribution >= 0.6 is 38.9 Å². The number of hydrogen-bond acceptors (Lipinski definition) is 4. The zero-order valence-electron chi connectivity index (χ0n) is 11.3. The first kappa shape index (κ1) is 14.8. The molecule has 3 aromatic rings. The first-order chi connectivity index (χ1) is 10.2. The third kappa shape index (κ3) is 3.08. The number of aromatic nitrogens is 2. The van der Waals surface area contributed by atoms with Gasteiger partial charge in [-0.3, -0.25) is 4.40 Å². The van der Waals surface area contributed by atoms with Crippen molar-refractivity contribution >= 4 is 43.8 Å². The predicted molar refractivity (Wildman–Crippen MR) is 89.7 cm³/mol. The van der Waals surface area contributed by atoms with E-state index in [1.54, 1.807) is 17.4 Å². The quantitative estimate of drug-likeness (QED) is 0.690. The summed E-state index contributed by atoms with van der Waals surface area (Å²) in [6, 6.07) is 5.53. The second-order valence-corrected chi connectivity index (χ2v) is 6.57. The van der Waals surface area contributed by atoms with Gasteiger partial charge in [0.05, 0.1) is 5.02 Å². The molecule has 1 aromatic carbocycles. The van der Waals surface area contributed by atoms with Crippen molar-refractivity contribution in [1.29, 1.82) is 0 Å². The molecule has 0 aliphatic rings. The zero-order chi connectivity index (χ0) is 14.8. The molecule has 0 amide bonds. The average molecular weight is 387 g/mol. The largest absolute Gasteiger partial charge is 0.436 e. The minimum absolute atomic E-state index is 0.551. The molecule has 1 N–H and O–H groups in total. The molecule has 21 heavy (non-hydrogen) atoms. The molecule has 0 fully saturated rings. The average Bonchev–Trinajstić information content (AvgIpc) is 3.01. The van der Waals surface area contributed by atoms with E-state index in [1.165, 1.54) is 0 Å². The number of halogens is 2. The lowest BCUT2D eigenvalue weighted by atomic mass is 10.3. The number of nitrogens with one attached hydrogen (secondary N) is 1. The summed E-state index contributed by atoms with van der Waals surface area (Å²) in [4.78, 5) is 5.44. The SMILES string of the molecule is CCNCc1c(Oc2ccc(Br)cc2Cl)nc2sccn12. The fourth-order valence-corrected chi connectivity index (χ4v) is 3.40. The smallest absolute Gasteiger partial charge is 0.243 e. The van der Waals surface area contributed by atoms with Gasteiger partial charge < -0.3 is 10.1 Å². The third-order valence-corrected chi connectivity index (χ3v) is 4.51. The Balaban J connectivity index is 1.97. The summed E-state index contributed by atoms with van der Waals surface area (Å²) < 4.78 is 8.87. The molecule has 2 heterocycles. The van der Waals surface area contributed by atoms with E-state index >= 15 is 0 Å². The van der Waals surface area contributed by atoms with E-state index in [1.807, 2.05) is 28.1 Å². The molecule has 0 atom stereocenters. The molecule has 0 saturated heterocycles. The normalized spacial score (nSPS) is 11.2. The monoisotopic (exact) mass is 385 g/mol. The number of nitrogens with zero attached hydrogens (tertiary/aromatic N) is 2. The Bertz CT molecular complexity index is 771. The maximum atomic E-state index is 6.21. The van der Waals surface area contributed by atoms with Gasteiger partial charge in [-0.15, -0.1) is 11.3 Å². The molecular formula is C14H13BrClN3OS. The van der Waals surface area contributed by atoms with E-state index in [9.17, 15) is 0 Å². The van der Waals surface area contributed by atoms with Crippen LogP contribution in [0.2, 0.25) is 5.02 Å². The molecule has 0 radical (unpaired) electrons. The highest BCUT2D eigenvalue weighted by molar-refractivity contribution is 9.10. The van der Waals surface area contributed by atoms with E-state index < -0.39 is 0 Å². The lowest BCUT2D eigenvalue weighted by Gasteiger charge is -2.08. The van der Waals surface area contributed by atoms with Crippen molar-refractivity contribution in [2.75, 3.05) is 6.54 Å². The van der Waals surface area contributed by atoms with Crippen molar-refractivity contribution in [2.45, 2.75) is 13.5 Å². The van der Waals surface area contributed by atoms with Gasteiger partial charge >= 0.3 is 0 Å². The molecule has 0 aliphatic heterocycles. The molecule has 0 bridgehead atoms. The van der Waals surface area contributed by atoms with Crippen LogP contribution < -0.4 is 10.1 Å². The van der Waals surface area contributed by atoms with E-state index in [0.29, 0.717) is 23.2 Å². The number of ether oxygens (including phenoxy) is 1. The number of hydrogen-bond donors (Lipinski definition) is 1. The molecular weight excluding hydrogens is 374 g/mol. The lowest BCUT2D eigenvalue weighted by Crippen LogP contribution is -2.13. The van der Waals surface area contributed by atoms with Crippen LogP contribution in [-0.4, -0.2) is 15.9 Å². The van der Waals surface area contributed by atoms with Crippen LogP contribution in [0, 0.1) is 0 Å². The fraction of sp³-hybridized carbons (Fsp3) is 0.214. The summed E-state index contributed by atoms with van der Waals surface area (Å²) in [5.74, 6) is 1.19. The molecule has 0 spiro atoms. The number of fused-ring (bicyclic) bond motifs is 1. The second-order valence-electron chi connectivity index (χ2n) is 4.38. The zero-order valence-corrected chi connectivity index (χ0v) is 14.4. The Morgan fingerprint density at radius 1 is 1.48 bits per heavy atom. The fourth-order valence-electron chi connectivity index (χ4n) is 1.96. The number of thiazole rings is 1. The second kappa shape index (κ2) is 6.36. The maximum Gasteiger partial charge on any atom is 0.243 e. The van der Waals surface area contributed by atoms with E-state index in [-0.39, 0.29) is 0 Å². The molecule has 0 saturated carbocycles. The van der Waals surface area contributed by atoms with Gasteiger partial charge in [-0.2, -0.15) is 4.98 Å². The summed E-state index contributed by atoms with van der Waals surface area (Å²) >= 11 is 11.2.